The summed E-state index contributed by atoms with van der Waals surface area (Å²) in [6.07, 6.45) is 7.27. The molecule has 5 rings (SSSR count). The SMILES string of the molecule is CC(C)C1NC(=O)[C@H](CC2CC2)/C=C/c2ccc3ccc(nc3c2)[C@@H](C)OC(=O)[C@@H]2CCCN(N2)C(=O)[C@H](C)NC1=O. The summed E-state index contributed by atoms with van der Waals surface area (Å²) in [7, 11) is 0. The Labute approximate surface area is 246 Å². The van der Waals surface area contributed by atoms with Crippen LogP contribution in [-0.4, -0.2) is 58.4 Å². The van der Waals surface area contributed by atoms with Gasteiger partial charge in [0.25, 0.3) is 5.91 Å². The first-order valence-corrected chi connectivity index (χ1v) is 15.1. The molecule has 10 nitrogen and oxygen atoms in total. The predicted octanol–water partition coefficient (Wildman–Crippen LogP) is 3.42. The van der Waals surface area contributed by atoms with E-state index in [1.807, 2.05) is 56.3 Å². The molecule has 1 saturated heterocycles. The van der Waals surface area contributed by atoms with Crippen molar-refractivity contribution >= 4 is 40.7 Å². The first-order valence-electron chi connectivity index (χ1n) is 15.1. The number of aromatic nitrogens is 1. The molecule has 42 heavy (non-hydrogen) atoms. The third-order valence-electron chi connectivity index (χ3n) is 8.30. The van der Waals surface area contributed by atoms with Crippen LogP contribution in [0.4, 0.5) is 0 Å². The number of hydrazine groups is 1. The van der Waals surface area contributed by atoms with Gasteiger partial charge in [0.1, 0.15) is 24.2 Å². The number of fused-ring (bicyclic) bond motifs is 4. The van der Waals surface area contributed by atoms with Crippen LogP contribution in [0.2, 0.25) is 0 Å². The van der Waals surface area contributed by atoms with Crippen LogP contribution in [0.25, 0.3) is 17.0 Å². The first kappa shape index (κ1) is 29.7. The quantitative estimate of drug-likeness (QED) is 0.478. The zero-order valence-corrected chi connectivity index (χ0v) is 24.8. The number of nitrogens with zero attached hydrogens (tertiary/aromatic N) is 2. The van der Waals surface area contributed by atoms with Gasteiger partial charge in [-0.1, -0.05) is 57.0 Å². The van der Waals surface area contributed by atoms with Crippen LogP contribution in [0, 0.1) is 17.8 Å². The van der Waals surface area contributed by atoms with Gasteiger partial charge in [-0.25, -0.2) is 10.4 Å². The Morgan fingerprint density at radius 2 is 1.76 bits per heavy atom. The van der Waals surface area contributed by atoms with E-state index in [2.05, 4.69) is 16.1 Å². The van der Waals surface area contributed by atoms with Gasteiger partial charge in [0.05, 0.1) is 17.1 Å². The average Bonchev–Trinajstić information content (AvgIpc) is 3.80. The van der Waals surface area contributed by atoms with Crippen LogP contribution < -0.4 is 16.1 Å². The summed E-state index contributed by atoms with van der Waals surface area (Å²) in [5.41, 5.74) is 5.26. The molecular formula is C32H41N5O5. The molecule has 1 aromatic carbocycles. The highest BCUT2D eigenvalue weighted by Crippen LogP contribution is 2.36. The van der Waals surface area contributed by atoms with Gasteiger partial charge >= 0.3 is 5.97 Å². The standard InChI is InChI=1S/C32H41N5O5/c1-18(2)28-30(39)33-19(3)31(40)37-15-5-6-26(36-37)32(41)42-20(4)25-14-13-23-11-9-22(17-27(23)34-25)10-12-24(29(38)35-28)16-21-7-8-21/h9-14,17-21,24,26,28,36H,5-8,15-16H2,1-4H3,(H,33,39)(H,35,38)/b12-10+/t19-,20+,24-,26-,28?/m0/s1. The number of benzene rings is 1. The summed E-state index contributed by atoms with van der Waals surface area (Å²) < 4.78 is 5.78. The Morgan fingerprint density at radius 1 is 1.00 bits per heavy atom. The fourth-order valence-corrected chi connectivity index (χ4v) is 5.52. The van der Waals surface area contributed by atoms with Crippen molar-refractivity contribution in [1.82, 2.24) is 26.1 Å². The Kier molecular flexibility index (Phi) is 8.91. The zero-order valence-electron chi connectivity index (χ0n) is 24.8. The Morgan fingerprint density at radius 3 is 2.50 bits per heavy atom. The number of pyridine rings is 1. The van der Waals surface area contributed by atoms with Gasteiger partial charge in [0.15, 0.2) is 0 Å². The molecule has 2 aliphatic heterocycles. The summed E-state index contributed by atoms with van der Waals surface area (Å²) in [6.45, 7) is 7.51. The van der Waals surface area contributed by atoms with Gasteiger partial charge in [-0.2, -0.15) is 0 Å². The third kappa shape index (κ3) is 6.98. The number of esters is 1. The van der Waals surface area contributed by atoms with Crippen LogP contribution in [0.15, 0.2) is 36.4 Å². The van der Waals surface area contributed by atoms with Crippen molar-refractivity contribution in [2.24, 2.45) is 17.8 Å². The van der Waals surface area contributed by atoms with E-state index < -0.39 is 42.0 Å². The second kappa shape index (κ2) is 12.6. The number of carbonyl (C=O) groups is 4. The van der Waals surface area contributed by atoms with Crippen LogP contribution in [-0.2, 0) is 23.9 Å². The van der Waals surface area contributed by atoms with Crippen molar-refractivity contribution in [2.75, 3.05) is 6.54 Å². The number of rotatable bonds is 3. The second-order valence-electron chi connectivity index (χ2n) is 12.2. The van der Waals surface area contributed by atoms with Crippen LogP contribution in [0.3, 0.4) is 0 Å². The zero-order chi connectivity index (χ0) is 30.0. The van der Waals surface area contributed by atoms with E-state index in [0.29, 0.717) is 37.4 Å². The monoisotopic (exact) mass is 575 g/mol. The summed E-state index contributed by atoms with van der Waals surface area (Å²) in [4.78, 5) is 58.0. The average molecular weight is 576 g/mol. The largest absolute Gasteiger partial charge is 0.455 e. The molecule has 224 valence electrons. The van der Waals surface area contributed by atoms with Gasteiger partial charge < -0.3 is 15.4 Å². The van der Waals surface area contributed by atoms with E-state index in [-0.39, 0.29) is 17.7 Å². The summed E-state index contributed by atoms with van der Waals surface area (Å²) in [5.74, 6) is -1.56. The molecule has 5 bridgehead atoms. The molecule has 10 heteroatoms. The Balaban J connectivity index is 1.48. The molecule has 2 fully saturated rings. The van der Waals surface area contributed by atoms with E-state index in [1.54, 1.807) is 13.8 Å². The maximum atomic E-state index is 13.5. The fraction of sp³-hybridized carbons (Fsp3) is 0.531. The molecule has 1 aromatic heterocycles. The van der Waals surface area contributed by atoms with Crippen molar-refractivity contribution in [2.45, 2.75) is 84.0 Å². The minimum atomic E-state index is -0.865. The third-order valence-corrected chi connectivity index (χ3v) is 8.30. The number of ether oxygens (including phenoxy) is 1. The normalized spacial score (nSPS) is 28.8. The molecule has 1 saturated carbocycles. The van der Waals surface area contributed by atoms with Crippen LogP contribution in [0.1, 0.15) is 77.2 Å². The molecule has 3 N–H and O–H groups in total. The molecule has 3 amide bonds. The Bertz CT molecular complexity index is 1390. The van der Waals surface area contributed by atoms with Gasteiger partial charge in [-0.15, -0.1) is 0 Å². The van der Waals surface area contributed by atoms with Crippen molar-refractivity contribution in [3.8, 4) is 0 Å². The molecule has 3 aliphatic rings. The maximum Gasteiger partial charge on any atom is 0.325 e. The lowest BCUT2D eigenvalue weighted by molar-refractivity contribution is -0.157. The number of cyclic esters (lactones) is 1. The number of hydrogen-bond donors (Lipinski definition) is 3. The highest BCUT2D eigenvalue weighted by Gasteiger charge is 2.35. The highest BCUT2D eigenvalue weighted by molar-refractivity contribution is 5.93. The summed E-state index contributed by atoms with van der Waals surface area (Å²) in [6, 6.07) is 7.34. The number of nitrogens with one attached hydrogen (secondary N) is 3. The molecule has 0 radical (unpaired) electrons. The van der Waals surface area contributed by atoms with E-state index in [4.69, 9.17) is 9.72 Å². The van der Waals surface area contributed by atoms with Gasteiger partial charge in [0, 0.05) is 11.9 Å². The van der Waals surface area contributed by atoms with E-state index in [0.717, 1.165) is 29.3 Å². The lowest BCUT2D eigenvalue weighted by Crippen LogP contribution is -2.61. The smallest absolute Gasteiger partial charge is 0.325 e. The summed E-state index contributed by atoms with van der Waals surface area (Å²) >= 11 is 0. The number of carbonyl (C=O) groups excluding carboxylic acids is 4. The molecule has 5 atom stereocenters. The number of hydrogen-bond acceptors (Lipinski definition) is 7. The lowest BCUT2D eigenvalue weighted by Gasteiger charge is -2.35. The van der Waals surface area contributed by atoms with Crippen LogP contribution >= 0.6 is 0 Å². The maximum absolute atomic E-state index is 13.5. The lowest BCUT2D eigenvalue weighted by atomic mass is 9.96. The van der Waals surface area contributed by atoms with E-state index in [1.165, 1.54) is 5.01 Å². The minimum absolute atomic E-state index is 0.196. The van der Waals surface area contributed by atoms with Crippen molar-refractivity contribution in [3.63, 3.8) is 0 Å². The van der Waals surface area contributed by atoms with E-state index in [9.17, 15) is 19.2 Å². The molecule has 0 spiro atoms. The highest BCUT2D eigenvalue weighted by atomic mass is 16.5. The molecular weight excluding hydrogens is 534 g/mol. The van der Waals surface area contributed by atoms with Crippen LogP contribution in [0.5, 0.6) is 0 Å². The second-order valence-corrected chi connectivity index (χ2v) is 12.2. The van der Waals surface area contributed by atoms with Gasteiger partial charge in [-0.05, 0) is 62.6 Å². The van der Waals surface area contributed by atoms with Crippen molar-refractivity contribution in [3.05, 3.63) is 47.7 Å². The molecule has 1 unspecified atom stereocenters. The van der Waals surface area contributed by atoms with E-state index >= 15 is 0 Å². The first-order chi connectivity index (χ1) is 20.1. The molecule has 2 aromatic rings. The number of amides is 3. The van der Waals surface area contributed by atoms with Gasteiger partial charge in [0.2, 0.25) is 11.8 Å². The van der Waals surface area contributed by atoms with Crippen molar-refractivity contribution in [1.29, 1.82) is 0 Å². The van der Waals surface area contributed by atoms with Crippen molar-refractivity contribution < 1.29 is 23.9 Å². The Hall–Kier alpha value is -3.79. The predicted molar refractivity (Wildman–Crippen MR) is 158 cm³/mol. The molecule has 3 heterocycles. The fourth-order valence-electron chi connectivity index (χ4n) is 5.52. The topological polar surface area (TPSA) is 130 Å². The molecule has 1 aliphatic carbocycles. The van der Waals surface area contributed by atoms with Gasteiger partial charge in [-0.3, -0.25) is 24.2 Å². The minimum Gasteiger partial charge on any atom is -0.455 e. The summed E-state index contributed by atoms with van der Waals surface area (Å²) in [5, 5.41) is 8.07.